The van der Waals surface area contributed by atoms with Gasteiger partial charge in [0.1, 0.15) is 5.69 Å². The Morgan fingerprint density at radius 3 is 2.50 bits per heavy atom. The van der Waals surface area contributed by atoms with Crippen LogP contribution in [0.1, 0.15) is 23.3 Å². The van der Waals surface area contributed by atoms with Gasteiger partial charge in [-0.1, -0.05) is 12.6 Å². The van der Waals surface area contributed by atoms with Gasteiger partial charge in [-0.2, -0.15) is 4.31 Å². The first-order valence-electron chi connectivity index (χ1n) is 8.54. The van der Waals surface area contributed by atoms with Crippen molar-refractivity contribution in [2.45, 2.75) is 24.1 Å². The van der Waals surface area contributed by atoms with Gasteiger partial charge in [0.05, 0.1) is 11.3 Å². The van der Waals surface area contributed by atoms with Gasteiger partial charge in [0.15, 0.2) is 0 Å². The summed E-state index contributed by atoms with van der Waals surface area (Å²) in [6.45, 7) is 4.73. The van der Waals surface area contributed by atoms with Gasteiger partial charge in [0, 0.05) is 32.4 Å². The Bertz CT molecular complexity index is 782. The van der Waals surface area contributed by atoms with E-state index in [0.717, 1.165) is 0 Å². The van der Waals surface area contributed by atoms with Crippen molar-refractivity contribution in [3.63, 3.8) is 0 Å². The standard InChI is InChI=1S/C17H22N4O4S/c1-2-16(22)19-13-11-21(12-13)26(24,25)14-6-9-20(10-7-14)17(23)15-5-3-4-8-18-15/h2-5,8,13-14H,1,6-7,9-12H2,(H,19,22). The van der Waals surface area contributed by atoms with Crippen molar-refractivity contribution in [2.24, 2.45) is 0 Å². The number of nitrogens with zero attached hydrogens (tertiary/aromatic N) is 3. The molecule has 0 aromatic carbocycles. The molecule has 1 aromatic rings. The molecule has 0 radical (unpaired) electrons. The first-order valence-corrected chi connectivity index (χ1v) is 10.0. The van der Waals surface area contributed by atoms with E-state index in [1.54, 1.807) is 29.3 Å². The number of carbonyl (C=O) groups is 2. The summed E-state index contributed by atoms with van der Waals surface area (Å²) in [5.74, 6) is -0.467. The highest BCUT2D eigenvalue weighted by Crippen LogP contribution is 2.25. The fourth-order valence-electron chi connectivity index (χ4n) is 3.22. The van der Waals surface area contributed by atoms with E-state index in [-0.39, 0.29) is 30.9 Å². The van der Waals surface area contributed by atoms with Crippen molar-refractivity contribution >= 4 is 21.8 Å². The molecule has 0 bridgehead atoms. The van der Waals surface area contributed by atoms with E-state index in [1.807, 2.05) is 0 Å². The second kappa shape index (κ2) is 7.55. The highest BCUT2D eigenvalue weighted by atomic mass is 32.2. The van der Waals surface area contributed by atoms with Crippen molar-refractivity contribution in [2.75, 3.05) is 26.2 Å². The molecular formula is C17H22N4O4S. The van der Waals surface area contributed by atoms with E-state index in [0.29, 0.717) is 31.6 Å². The predicted octanol–water partition coefficient (Wildman–Crippen LogP) is 0.00240. The van der Waals surface area contributed by atoms with Gasteiger partial charge in [0.2, 0.25) is 15.9 Å². The molecule has 26 heavy (non-hydrogen) atoms. The van der Waals surface area contributed by atoms with E-state index < -0.39 is 15.3 Å². The van der Waals surface area contributed by atoms with Crippen LogP contribution in [0.25, 0.3) is 0 Å². The first-order chi connectivity index (χ1) is 12.4. The average Bonchev–Trinajstić information content (AvgIpc) is 2.64. The Labute approximate surface area is 152 Å². The largest absolute Gasteiger partial charge is 0.347 e. The number of piperidine rings is 1. The lowest BCUT2D eigenvalue weighted by Gasteiger charge is -2.41. The van der Waals surface area contributed by atoms with Crippen LogP contribution >= 0.6 is 0 Å². The molecule has 140 valence electrons. The third-order valence-corrected chi connectivity index (χ3v) is 7.11. The maximum Gasteiger partial charge on any atom is 0.272 e. The van der Waals surface area contributed by atoms with Crippen molar-refractivity contribution in [1.82, 2.24) is 19.5 Å². The van der Waals surface area contributed by atoms with E-state index in [2.05, 4.69) is 16.9 Å². The molecule has 3 rings (SSSR count). The van der Waals surface area contributed by atoms with Crippen LogP contribution in [-0.4, -0.2) is 71.9 Å². The summed E-state index contributed by atoms with van der Waals surface area (Å²) in [5, 5.41) is 2.19. The number of pyridine rings is 1. The fourth-order valence-corrected chi connectivity index (χ4v) is 5.22. The zero-order valence-electron chi connectivity index (χ0n) is 14.4. The van der Waals surface area contributed by atoms with Crippen molar-refractivity contribution in [3.8, 4) is 0 Å². The fraction of sp³-hybridized carbons (Fsp3) is 0.471. The predicted molar refractivity (Wildman–Crippen MR) is 95.8 cm³/mol. The van der Waals surface area contributed by atoms with Crippen LogP contribution in [-0.2, 0) is 14.8 Å². The zero-order chi connectivity index (χ0) is 18.7. The minimum atomic E-state index is -3.41. The summed E-state index contributed by atoms with van der Waals surface area (Å²) in [6.07, 6.45) is 3.55. The third-order valence-electron chi connectivity index (χ3n) is 4.77. The molecule has 0 spiro atoms. The molecule has 8 nitrogen and oxygen atoms in total. The molecule has 2 saturated heterocycles. The van der Waals surface area contributed by atoms with E-state index >= 15 is 0 Å². The number of sulfonamides is 1. The number of likely N-dealkylation sites (tertiary alicyclic amines) is 1. The topological polar surface area (TPSA) is 99.7 Å². The second-order valence-corrected chi connectivity index (χ2v) is 8.69. The molecule has 0 saturated carbocycles. The van der Waals surface area contributed by atoms with Crippen LogP contribution in [0.5, 0.6) is 0 Å². The van der Waals surface area contributed by atoms with Crippen molar-refractivity contribution in [3.05, 3.63) is 42.7 Å². The zero-order valence-corrected chi connectivity index (χ0v) is 15.2. The van der Waals surface area contributed by atoms with Crippen LogP contribution < -0.4 is 5.32 Å². The van der Waals surface area contributed by atoms with Gasteiger partial charge >= 0.3 is 0 Å². The van der Waals surface area contributed by atoms with E-state index in [9.17, 15) is 18.0 Å². The van der Waals surface area contributed by atoms with Crippen LogP contribution in [0, 0.1) is 0 Å². The number of carbonyl (C=O) groups excluding carboxylic acids is 2. The molecule has 1 N–H and O–H groups in total. The van der Waals surface area contributed by atoms with E-state index in [4.69, 9.17) is 0 Å². The Morgan fingerprint density at radius 2 is 1.92 bits per heavy atom. The number of rotatable bonds is 5. The van der Waals surface area contributed by atoms with Gasteiger partial charge < -0.3 is 10.2 Å². The number of hydrogen-bond donors (Lipinski definition) is 1. The molecule has 2 fully saturated rings. The summed E-state index contributed by atoms with van der Waals surface area (Å²) in [7, 11) is -3.41. The average molecular weight is 378 g/mol. The highest BCUT2D eigenvalue weighted by Gasteiger charge is 2.42. The Kier molecular flexibility index (Phi) is 5.38. The molecule has 9 heteroatoms. The van der Waals surface area contributed by atoms with Crippen molar-refractivity contribution in [1.29, 1.82) is 0 Å². The van der Waals surface area contributed by atoms with Crippen LogP contribution in [0.3, 0.4) is 0 Å². The van der Waals surface area contributed by atoms with Gasteiger partial charge in [0.25, 0.3) is 5.91 Å². The molecule has 0 atom stereocenters. The number of nitrogens with one attached hydrogen (secondary N) is 1. The van der Waals surface area contributed by atoms with Crippen LogP contribution in [0.15, 0.2) is 37.1 Å². The summed E-state index contributed by atoms with van der Waals surface area (Å²) >= 11 is 0. The van der Waals surface area contributed by atoms with Gasteiger partial charge in [-0.05, 0) is 31.1 Å². The number of amides is 2. The summed E-state index contributed by atoms with van der Waals surface area (Å²) < 4.78 is 26.8. The van der Waals surface area contributed by atoms with Crippen LogP contribution in [0.2, 0.25) is 0 Å². The lowest BCUT2D eigenvalue weighted by Crippen LogP contribution is -2.62. The first kappa shape index (κ1) is 18.5. The highest BCUT2D eigenvalue weighted by molar-refractivity contribution is 7.89. The quantitative estimate of drug-likeness (QED) is 0.727. The molecular weight excluding hydrogens is 356 g/mol. The molecule has 2 aliphatic rings. The van der Waals surface area contributed by atoms with Gasteiger partial charge in [-0.3, -0.25) is 14.6 Å². The maximum atomic E-state index is 12.7. The van der Waals surface area contributed by atoms with Gasteiger partial charge in [-0.15, -0.1) is 0 Å². The monoisotopic (exact) mass is 378 g/mol. The normalized spacial score (nSPS) is 19.6. The second-order valence-electron chi connectivity index (χ2n) is 6.48. The summed E-state index contributed by atoms with van der Waals surface area (Å²) in [4.78, 5) is 29.3. The molecule has 1 aromatic heterocycles. The lowest BCUT2D eigenvalue weighted by molar-refractivity contribution is -0.117. The number of aromatic nitrogens is 1. The molecule has 0 aliphatic carbocycles. The number of hydrogen-bond acceptors (Lipinski definition) is 5. The molecule has 2 aliphatic heterocycles. The summed E-state index contributed by atoms with van der Waals surface area (Å²) in [6, 6.07) is 4.99. The summed E-state index contributed by atoms with van der Waals surface area (Å²) in [5.41, 5.74) is 0.373. The van der Waals surface area contributed by atoms with Gasteiger partial charge in [-0.25, -0.2) is 8.42 Å². The Morgan fingerprint density at radius 1 is 1.23 bits per heavy atom. The van der Waals surface area contributed by atoms with Crippen LogP contribution in [0.4, 0.5) is 0 Å². The maximum absolute atomic E-state index is 12.7. The molecule has 0 unspecified atom stereocenters. The molecule has 2 amide bonds. The minimum absolute atomic E-state index is 0.166. The van der Waals surface area contributed by atoms with Crippen molar-refractivity contribution < 1.29 is 18.0 Å². The SMILES string of the molecule is C=CC(=O)NC1CN(S(=O)(=O)C2CCN(C(=O)c3ccccn3)CC2)C1. The van der Waals surface area contributed by atoms with E-state index in [1.165, 1.54) is 10.4 Å². The Hall–Kier alpha value is -2.26. The minimum Gasteiger partial charge on any atom is -0.347 e. The Balaban J connectivity index is 1.52. The molecule has 3 heterocycles. The smallest absolute Gasteiger partial charge is 0.272 e. The lowest BCUT2D eigenvalue weighted by atomic mass is 10.1. The third kappa shape index (κ3) is 3.78.